The Balaban J connectivity index is 2.12. The molecular formula is C16H16ClN. The van der Waals surface area contributed by atoms with E-state index < -0.39 is 0 Å². The van der Waals surface area contributed by atoms with E-state index in [4.69, 9.17) is 11.6 Å². The van der Waals surface area contributed by atoms with Crippen molar-refractivity contribution < 1.29 is 0 Å². The van der Waals surface area contributed by atoms with Crippen LogP contribution in [0.1, 0.15) is 18.1 Å². The summed E-state index contributed by atoms with van der Waals surface area (Å²) in [6, 6.07) is 17.5. The first-order chi connectivity index (χ1) is 8.81. The number of benzene rings is 2. The molecule has 0 N–H and O–H groups in total. The van der Waals surface area contributed by atoms with Crippen molar-refractivity contribution >= 4 is 23.0 Å². The van der Waals surface area contributed by atoms with Gasteiger partial charge in [0.2, 0.25) is 0 Å². The topological polar surface area (TPSA) is 3.24 Å². The van der Waals surface area contributed by atoms with Crippen LogP contribution in [0.4, 0.5) is 11.4 Å². The van der Waals surface area contributed by atoms with Crippen LogP contribution in [0.25, 0.3) is 0 Å². The molecule has 0 spiro atoms. The molecule has 0 radical (unpaired) electrons. The van der Waals surface area contributed by atoms with Gasteiger partial charge in [0.15, 0.2) is 0 Å². The zero-order valence-electron chi connectivity index (χ0n) is 10.4. The van der Waals surface area contributed by atoms with E-state index in [0.29, 0.717) is 11.9 Å². The average Bonchev–Trinajstić information content (AvgIpc) is 2.74. The lowest BCUT2D eigenvalue weighted by Crippen LogP contribution is -2.24. The highest BCUT2D eigenvalue weighted by molar-refractivity contribution is 6.17. The highest BCUT2D eigenvalue weighted by atomic mass is 35.5. The van der Waals surface area contributed by atoms with Crippen molar-refractivity contribution in [1.29, 1.82) is 0 Å². The SMILES string of the molecule is CC1Cc2ccccc2N1c1ccccc1CCl. The van der Waals surface area contributed by atoms with Crippen LogP contribution < -0.4 is 4.90 Å². The number of hydrogen-bond donors (Lipinski definition) is 0. The van der Waals surface area contributed by atoms with E-state index in [0.717, 1.165) is 6.42 Å². The molecule has 0 fully saturated rings. The third kappa shape index (κ3) is 1.79. The van der Waals surface area contributed by atoms with Gasteiger partial charge in [-0.15, -0.1) is 11.6 Å². The predicted octanol–water partition coefficient (Wildman–Crippen LogP) is 4.51. The lowest BCUT2D eigenvalue weighted by atomic mass is 10.1. The summed E-state index contributed by atoms with van der Waals surface area (Å²) in [5, 5.41) is 0. The molecular weight excluding hydrogens is 242 g/mol. The van der Waals surface area contributed by atoms with Crippen LogP contribution in [0.5, 0.6) is 0 Å². The summed E-state index contributed by atoms with van der Waals surface area (Å²) < 4.78 is 0. The Bertz CT molecular complexity index is 565. The molecule has 1 aliphatic rings. The van der Waals surface area contributed by atoms with Gasteiger partial charge < -0.3 is 4.90 Å². The molecule has 3 rings (SSSR count). The number of hydrogen-bond acceptors (Lipinski definition) is 1. The minimum absolute atomic E-state index is 0.492. The zero-order chi connectivity index (χ0) is 12.5. The zero-order valence-corrected chi connectivity index (χ0v) is 11.2. The molecule has 1 aliphatic heterocycles. The third-order valence-corrected chi connectivity index (χ3v) is 3.89. The van der Waals surface area contributed by atoms with Crippen molar-refractivity contribution in [1.82, 2.24) is 0 Å². The van der Waals surface area contributed by atoms with Gasteiger partial charge >= 0.3 is 0 Å². The quantitative estimate of drug-likeness (QED) is 0.716. The van der Waals surface area contributed by atoms with E-state index in [1.165, 1.54) is 22.5 Å². The second-order valence-corrected chi connectivity index (χ2v) is 5.08. The molecule has 1 atom stereocenters. The van der Waals surface area contributed by atoms with Crippen LogP contribution in [0.2, 0.25) is 0 Å². The van der Waals surface area contributed by atoms with Crippen molar-refractivity contribution in [3.8, 4) is 0 Å². The molecule has 18 heavy (non-hydrogen) atoms. The molecule has 1 heterocycles. The largest absolute Gasteiger partial charge is 0.338 e. The maximum absolute atomic E-state index is 6.06. The van der Waals surface area contributed by atoms with Crippen molar-refractivity contribution in [3.63, 3.8) is 0 Å². The van der Waals surface area contributed by atoms with Crippen molar-refractivity contribution in [2.75, 3.05) is 4.90 Å². The molecule has 2 heteroatoms. The lowest BCUT2D eigenvalue weighted by molar-refractivity contribution is 0.757. The summed E-state index contributed by atoms with van der Waals surface area (Å²) in [6.45, 7) is 2.27. The van der Waals surface area contributed by atoms with Crippen LogP contribution in [-0.2, 0) is 12.3 Å². The molecule has 0 aromatic heterocycles. The van der Waals surface area contributed by atoms with Gasteiger partial charge in [0.1, 0.15) is 0 Å². The van der Waals surface area contributed by atoms with Crippen molar-refractivity contribution in [3.05, 3.63) is 59.7 Å². The number of fused-ring (bicyclic) bond motifs is 1. The fourth-order valence-corrected chi connectivity index (χ4v) is 3.02. The number of anilines is 2. The maximum Gasteiger partial charge on any atom is 0.0494 e. The molecule has 1 unspecified atom stereocenters. The van der Waals surface area contributed by atoms with Gasteiger partial charge in [-0.2, -0.15) is 0 Å². The van der Waals surface area contributed by atoms with Crippen LogP contribution in [-0.4, -0.2) is 6.04 Å². The molecule has 0 amide bonds. The molecule has 0 aliphatic carbocycles. The Morgan fingerprint density at radius 3 is 2.50 bits per heavy atom. The number of halogens is 1. The Labute approximate surface area is 113 Å². The minimum Gasteiger partial charge on any atom is -0.338 e. The first-order valence-corrected chi connectivity index (χ1v) is 6.85. The average molecular weight is 258 g/mol. The summed E-state index contributed by atoms with van der Waals surface area (Å²) >= 11 is 6.06. The van der Waals surface area contributed by atoms with E-state index in [-0.39, 0.29) is 0 Å². The summed E-state index contributed by atoms with van der Waals surface area (Å²) in [7, 11) is 0. The molecule has 2 aromatic rings. The molecule has 0 saturated carbocycles. The smallest absolute Gasteiger partial charge is 0.0494 e. The van der Waals surface area contributed by atoms with Crippen LogP contribution in [0.3, 0.4) is 0 Å². The first-order valence-electron chi connectivity index (χ1n) is 6.32. The Morgan fingerprint density at radius 2 is 1.72 bits per heavy atom. The van der Waals surface area contributed by atoms with E-state index in [9.17, 15) is 0 Å². The van der Waals surface area contributed by atoms with Crippen molar-refractivity contribution in [2.45, 2.75) is 25.3 Å². The van der Waals surface area contributed by atoms with Gasteiger partial charge in [-0.05, 0) is 36.6 Å². The lowest BCUT2D eigenvalue weighted by Gasteiger charge is -2.27. The van der Waals surface area contributed by atoms with Crippen molar-refractivity contribution in [2.24, 2.45) is 0 Å². The van der Waals surface area contributed by atoms with E-state index >= 15 is 0 Å². The number of rotatable bonds is 2. The van der Waals surface area contributed by atoms with E-state index in [1.807, 2.05) is 6.07 Å². The molecule has 0 bridgehead atoms. The molecule has 0 saturated heterocycles. The predicted molar refractivity (Wildman–Crippen MR) is 77.7 cm³/mol. The highest BCUT2D eigenvalue weighted by Gasteiger charge is 2.27. The van der Waals surface area contributed by atoms with Crippen LogP contribution >= 0.6 is 11.6 Å². The summed E-state index contributed by atoms with van der Waals surface area (Å²) in [6.07, 6.45) is 1.10. The summed E-state index contributed by atoms with van der Waals surface area (Å²) in [4.78, 5) is 2.41. The van der Waals surface area contributed by atoms with Gasteiger partial charge in [-0.3, -0.25) is 0 Å². The van der Waals surface area contributed by atoms with Gasteiger partial charge in [0.05, 0.1) is 0 Å². The fourth-order valence-electron chi connectivity index (χ4n) is 2.79. The Kier molecular flexibility index (Phi) is 3.00. The molecule has 92 valence electrons. The highest BCUT2D eigenvalue weighted by Crippen LogP contribution is 2.39. The number of nitrogens with zero attached hydrogens (tertiary/aromatic N) is 1. The third-order valence-electron chi connectivity index (χ3n) is 3.60. The second-order valence-electron chi connectivity index (χ2n) is 4.81. The summed E-state index contributed by atoms with van der Waals surface area (Å²) in [5.74, 6) is 0.557. The number of alkyl halides is 1. The normalized spacial score (nSPS) is 17.9. The summed E-state index contributed by atoms with van der Waals surface area (Å²) in [5.41, 5.74) is 5.18. The molecule has 1 nitrogen and oxygen atoms in total. The van der Waals surface area contributed by atoms with Crippen LogP contribution in [0, 0.1) is 0 Å². The fraction of sp³-hybridized carbons (Fsp3) is 0.250. The molecule has 2 aromatic carbocycles. The standard InChI is InChI=1S/C16H16ClN/c1-12-10-13-6-2-4-8-15(13)18(12)16-9-5-3-7-14(16)11-17/h2-9,12H,10-11H2,1H3. The van der Waals surface area contributed by atoms with Gasteiger partial charge in [-0.25, -0.2) is 0 Å². The van der Waals surface area contributed by atoms with E-state index in [1.54, 1.807) is 0 Å². The van der Waals surface area contributed by atoms with Gasteiger partial charge in [0.25, 0.3) is 0 Å². The van der Waals surface area contributed by atoms with Gasteiger partial charge in [0, 0.05) is 23.3 Å². The minimum atomic E-state index is 0.492. The maximum atomic E-state index is 6.06. The number of para-hydroxylation sites is 2. The van der Waals surface area contributed by atoms with Gasteiger partial charge in [-0.1, -0.05) is 36.4 Å². The second kappa shape index (κ2) is 4.66. The van der Waals surface area contributed by atoms with Crippen LogP contribution in [0.15, 0.2) is 48.5 Å². The first kappa shape index (κ1) is 11.6. The Morgan fingerprint density at radius 1 is 1.06 bits per heavy atom. The Hall–Kier alpha value is -1.47. The monoisotopic (exact) mass is 257 g/mol. The van der Waals surface area contributed by atoms with E-state index in [2.05, 4.69) is 54.3 Å².